The van der Waals surface area contributed by atoms with Gasteiger partial charge in [0.1, 0.15) is 11.3 Å². The van der Waals surface area contributed by atoms with E-state index < -0.39 is 0 Å². The lowest BCUT2D eigenvalue weighted by atomic mass is 10.1. The van der Waals surface area contributed by atoms with Crippen molar-refractivity contribution < 1.29 is 4.74 Å². The van der Waals surface area contributed by atoms with Gasteiger partial charge in [0, 0.05) is 25.4 Å². The van der Waals surface area contributed by atoms with Crippen molar-refractivity contribution in [3.8, 4) is 17.1 Å². The quantitative estimate of drug-likeness (QED) is 0.503. The Balaban J connectivity index is 1.86. The van der Waals surface area contributed by atoms with Crippen LogP contribution in [0.2, 0.25) is 0 Å². The average Bonchev–Trinajstić information content (AvgIpc) is 3.30. The van der Waals surface area contributed by atoms with Crippen molar-refractivity contribution in [3.63, 3.8) is 0 Å². The molecule has 0 aliphatic heterocycles. The molecule has 4 aromatic heterocycles. The van der Waals surface area contributed by atoms with Gasteiger partial charge in [-0.25, -0.2) is 9.50 Å². The van der Waals surface area contributed by atoms with Crippen molar-refractivity contribution in [2.45, 2.75) is 40.2 Å². The van der Waals surface area contributed by atoms with E-state index in [2.05, 4.69) is 34.5 Å². The molecule has 0 unspecified atom stereocenters. The van der Waals surface area contributed by atoms with Crippen LogP contribution < -0.4 is 10.1 Å². The van der Waals surface area contributed by atoms with Crippen LogP contribution in [0.3, 0.4) is 0 Å². The van der Waals surface area contributed by atoms with E-state index in [1.54, 1.807) is 10.9 Å². The number of hydrogen-bond donors (Lipinski definition) is 1. The van der Waals surface area contributed by atoms with E-state index in [1.807, 2.05) is 49.9 Å². The second kappa shape index (κ2) is 8.10. The zero-order chi connectivity index (χ0) is 21.3. The fourth-order valence-corrected chi connectivity index (χ4v) is 3.45. The number of fused-ring (bicyclic) bond motifs is 1. The number of nitrogens with one attached hydrogen (secondary N) is 1. The summed E-state index contributed by atoms with van der Waals surface area (Å²) in [7, 11) is 1.91. The molecule has 0 saturated heterocycles. The number of nitrogens with zero attached hydrogens (tertiary/aromatic N) is 7. The summed E-state index contributed by atoms with van der Waals surface area (Å²) in [5.74, 6) is 1.56. The second-order valence-electron chi connectivity index (χ2n) is 7.46. The SMILES string of the molecule is CCOc1nnccc1-c1cc(NCc2cnn(C)c2)c2c(C(C)C)nc(C)n2n1. The molecule has 0 aliphatic carbocycles. The predicted octanol–water partition coefficient (Wildman–Crippen LogP) is 3.36. The van der Waals surface area contributed by atoms with Crippen molar-refractivity contribution in [3.05, 3.63) is 47.8 Å². The normalized spacial score (nSPS) is 11.4. The monoisotopic (exact) mass is 406 g/mol. The van der Waals surface area contributed by atoms with Gasteiger partial charge < -0.3 is 10.1 Å². The van der Waals surface area contributed by atoms with E-state index in [0.717, 1.165) is 39.5 Å². The lowest BCUT2D eigenvalue weighted by Gasteiger charge is -2.13. The molecule has 0 radical (unpaired) electrons. The van der Waals surface area contributed by atoms with E-state index in [4.69, 9.17) is 14.8 Å². The molecular formula is C21H26N8O. The highest BCUT2D eigenvalue weighted by Gasteiger charge is 2.20. The second-order valence-corrected chi connectivity index (χ2v) is 7.46. The summed E-state index contributed by atoms with van der Waals surface area (Å²) in [5, 5.41) is 20.8. The molecule has 9 heteroatoms. The van der Waals surface area contributed by atoms with Crippen LogP contribution in [-0.4, -0.2) is 41.2 Å². The molecule has 0 atom stereocenters. The third-order valence-electron chi connectivity index (χ3n) is 4.82. The van der Waals surface area contributed by atoms with Gasteiger partial charge in [-0.2, -0.15) is 15.3 Å². The standard InChI is InChI=1S/C21H26N8O/c1-6-30-21-16(7-8-23-26-21)17-9-18(22-10-15-11-24-28(5)12-15)20-19(13(2)3)25-14(4)29(20)27-17/h7-9,11-13,22H,6,10H2,1-5H3. The first-order chi connectivity index (χ1) is 14.5. The molecule has 0 saturated carbocycles. The first-order valence-corrected chi connectivity index (χ1v) is 10.0. The molecular weight excluding hydrogens is 380 g/mol. The fraction of sp³-hybridized carbons (Fsp3) is 0.381. The number of anilines is 1. The van der Waals surface area contributed by atoms with Gasteiger partial charge in [0.15, 0.2) is 0 Å². The number of aryl methyl sites for hydroxylation is 2. The van der Waals surface area contributed by atoms with E-state index in [1.165, 1.54) is 0 Å². The largest absolute Gasteiger partial charge is 0.476 e. The Kier molecular flexibility index (Phi) is 5.35. The minimum absolute atomic E-state index is 0.266. The van der Waals surface area contributed by atoms with Crippen LogP contribution in [0.25, 0.3) is 16.8 Å². The molecule has 30 heavy (non-hydrogen) atoms. The lowest BCUT2D eigenvalue weighted by Crippen LogP contribution is -2.06. The van der Waals surface area contributed by atoms with Crippen molar-refractivity contribution in [1.82, 2.24) is 34.6 Å². The first-order valence-electron chi connectivity index (χ1n) is 10.0. The molecule has 0 aliphatic rings. The topological polar surface area (TPSA) is 95.1 Å². The zero-order valence-corrected chi connectivity index (χ0v) is 17.9. The molecule has 156 valence electrons. The van der Waals surface area contributed by atoms with Crippen LogP contribution in [-0.2, 0) is 13.6 Å². The Bertz CT molecular complexity index is 1180. The Morgan fingerprint density at radius 3 is 2.80 bits per heavy atom. The van der Waals surface area contributed by atoms with Gasteiger partial charge in [0.2, 0.25) is 5.88 Å². The van der Waals surface area contributed by atoms with Gasteiger partial charge in [-0.05, 0) is 31.9 Å². The molecule has 0 fully saturated rings. The summed E-state index contributed by atoms with van der Waals surface area (Å²) >= 11 is 0. The Labute approximate surface area is 175 Å². The molecule has 4 aromatic rings. The Hall–Kier alpha value is -3.49. The number of imidazole rings is 1. The Morgan fingerprint density at radius 1 is 1.27 bits per heavy atom. The molecule has 0 aromatic carbocycles. The highest BCUT2D eigenvalue weighted by Crippen LogP contribution is 2.33. The summed E-state index contributed by atoms with van der Waals surface area (Å²) in [5.41, 5.74) is 5.57. The molecule has 4 rings (SSSR count). The zero-order valence-electron chi connectivity index (χ0n) is 17.9. The average molecular weight is 406 g/mol. The van der Waals surface area contributed by atoms with Gasteiger partial charge >= 0.3 is 0 Å². The van der Waals surface area contributed by atoms with E-state index in [9.17, 15) is 0 Å². The minimum Gasteiger partial charge on any atom is -0.476 e. The lowest BCUT2D eigenvalue weighted by molar-refractivity contribution is 0.324. The van der Waals surface area contributed by atoms with E-state index in [0.29, 0.717) is 19.0 Å². The molecule has 0 spiro atoms. The number of aromatic nitrogens is 7. The van der Waals surface area contributed by atoms with Crippen LogP contribution in [0.1, 0.15) is 43.8 Å². The van der Waals surface area contributed by atoms with Crippen LogP contribution in [0.5, 0.6) is 5.88 Å². The third-order valence-corrected chi connectivity index (χ3v) is 4.82. The molecule has 9 nitrogen and oxygen atoms in total. The van der Waals surface area contributed by atoms with Crippen molar-refractivity contribution in [1.29, 1.82) is 0 Å². The van der Waals surface area contributed by atoms with Crippen molar-refractivity contribution in [2.75, 3.05) is 11.9 Å². The van der Waals surface area contributed by atoms with Gasteiger partial charge in [-0.3, -0.25) is 4.68 Å². The molecule has 1 N–H and O–H groups in total. The fourth-order valence-electron chi connectivity index (χ4n) is 3.45. The summed E-state index contributed by atoms with van der Waals surface area (Å²) in [6.45, 7) is 9.31. The minimum atomic E-state index is 0.266. The first kappa shape index (κ1) is 19.8. The highest BCUT2D eigenvalue weighted by molar-refractivity contribution is 5.80. The maximum Gasteiger partial charge on any atom is 0.243 e. The smallest absolute Gasteiger partial charge is 0.243 e. The maximum absolute atomic E-state index is 5.68. The molecule has 0 bridgehead atoms. The number of hydrogen-bond acceptors (Lipinski definition) is 7. The summed E-state index contributed by atoms with van der Waals surface area (Å²) in [6.07, 6.45) is 5.50. The molecule has 4 heterocycles. The maximum atomic E-state index is 5.68. The molecule has 0 amide bonds. The summed E-state index contributed by atoms with van der Waals surface area (Å²) < 4.78 is 9.37. The summed E-state index contributed by atoms with van der Waals surface area (Å²) in [4.78, 5) is 4.79. The Morgan fingerprint density at radius 2 is 2.10 bits per heavy atom. The van der Waals surface area contributed by atoms with Crippen LogP contribution in [0.15, 0.2) is 30.7 Å². The van der Waals surface area contributed by atoms with Crippen molar-refractivity contribution in [2.24, 2.45) is 7.05 Å². The van der Waals surface area contributed by atoms with Gasteiger partial charge in [0.05, 0.1) is 41.6 Å². The van der Waals surface area contributed by atoms with E-state index in [-0.39, 0.29) is 5.92 Å². The predicted molar refractivity (Wildman–Crippen MR) is 115 cm³/mol. The van der Waals surface area contributed by atoms with Crippen LogP contribution in [0, 0.1) is 6.92 Å². The number of rotatable bonds is 7. The van der Waals surface area contributed by atoms with Gasteiger partial charge in [-0.1, -0.05) is 13.8 Å². The highest BCUT2D eigenvalue weighted by atomic mass is 16.5. The van der Waals surface area contributed by atoms with Gasteiger partial charge in [-0.15, -0.1) is 5.10 Å². The van der Waals surface area contributed by atoms with Crippen molar-refractivity contribution >= 4 is 11.2 Å². The van der Waals surface area contributed by atoms with E-state index >= 15 is 0 Å². The van der Waals surface area contributed by atoms with Crippen LogP contribution in [0.4, 0.5) is 5.69 Å². The number of ether oxygens (including phenoxy) is 1. The van der Waals surface area contributed by atoms with Crippen LogP contribution >= 0.6 is 0 Å². The van der Waals surface area contributed by atoms with Gasteiger partial charge in [0.25, 0.3) is 0 Å². The summed E-state index contributed by atoms with van der Waals surface area (Å²) in [6, 6.07) is 3.89. The third kappa shape index (κ3) is 3.70.